The van der Waals surface area contributed by atoms with E-state index in [9.17, 15) is 4.79 Å². The van der Waals surface area contributed by atoms with Crippen molar-refractivity contribution in [3.05, 3.63) is 0 Å². The van der Waals surface area contributed by atoms with Crippen molar-refractivity contribution in [2.45, 2.75) is 31.7 Å². The monoisotopic (exact) mass is 171 g/mol. The number of ether oxygens (including phenoxy) is 1. The number of nitrogens with one attached hydrogen (secondary N) is 1. The second-order valence-corrected chi connectivity index (χ2v) is 3.69. The average Bonchev–Trinajstić information content (AvgIpc) is 2.86. The second kappa shape index (κ2) is 3.44. The van der Waals surface area contributed by atoms with E-state index in [0.717, 1.165) is 0 Å². The molecule has 1 aliphatic rings. The van der Waals surface area contributed by atoms with E-state index in [1.807, 2.05) is 7.05 Å². The van der Waals surface area contributed by atoms with Crippen molar-refractivity contribution in [1.29, 1.82) is 0 Å². The Kier molecular flexibility index (Phi) is 2.73. The highest BCUT2D eigenvalue weighted by Gasteiger charge is 2.41. The predicted molar refractivity (Wildman–Crippen MR) is 46.8 cm³/mol. The van der Waals surface area contributed by atoms with Crippen molar-refractivity contribution in [3.63, 3.8) is 0 Å². The molecule has 12 heavy (non-hydrogen) atoms. The summed E-state index contributed by atoms with van der Waals surface area (Å²) in [5.74, 6) is 0.528. The van der Waals surface area contributed by atoms with Crippen LogP contribution in [0.5, 0.6) is 0 Å². The maximum absolute atomic E-state index is 11.1. The van der Waals surface area contributed by atoms with Gasteiger partial charge in [0.2, 0.25) is 0 Å². The van der Waals surface area contributed by atoms with Crippen molar-refractivity contribution in [2.75, 3.05) is 14.2 Å². The standard InChI is InChI=1S/C9H17NO2/c1-9(10-2,7-4-5-7)6-8(11)12-3/h7,10H,4-6H2,1-3H3. The zero-order valence-electron chi connectivity index (χ0n) is 8.02. The summed E-state index contributed by atoms with van der Waals surface area (Å²) in [6.07, 6.45) is 2.94. The van der Waals surface area contributed by atoms with Crippen LogP contribution >= 0.6 is 0 Å². The van der Waals surface area contributed by atoms with Crippen LogP contribution in [0.1, 0.15) is 26.2 Å². The van der Waals surface area contributed by atoms with Gasteiger partial charge in [-0.05, 0) is 32.7 Å². The van der Waals surface area contributed by atoms with Gasteiger partial charge < -0.3 is 10.1 Å². The Morgan fingerprint density at radius 2 is 2.25 bits per heavy atom. The van der Waals surface area contributed by atoms with Crippen molar-refractivity contribution in [2.24, 2.45) is 5.92 Å². The first-order chi connectivity index (χ1) is 5.62. The molecule has 1 atom stereocenters. The molecule has 0 aromatic rings. The summed E-state index contributed by atoms with van der Waals surface area (Å²) < 4.78 is 4.65. The van der Waals surface area contributed by atoms with Gasteiger partial charge in [0.1, 0.15) is 0 Å². The maximum Gasteiger partial charge on any atom is 0.307 e. The molecule has 0 spiro atoms. The van der Waals surface area contributed by atoms with Crippen molar-refractivity contribution in [3.8, 4) is 0 Å². The van der Waals surface area contributed by atoms with Crippen LogP contribution in [0.25, 0.3) is 0 Å². The van der Waals surface area contributed by atoms with E-state index in [0.29, 0.717) is 12.3 Å². The largest absolute Gasteiger partial charge is 0.469 e. The number of hydrogen-bond acceptors (Lipinski definition) is 3. The molecule has 0 aliphatic heterocycles. The zero-order valence-corrected chi connectivity index (χ0v) is 8.02. The molecule has 70 valence electrons. The Morgan fingerprint density at radius 1 is 1.67 bits per heavy atom. The lowest BCUT2D eigenvalue weighted by molar-refractivity contribution is -0.142. The van der Waals surface area contributed by atoms with Crippen molar-refractivity contribution in [1.82, 2.24) is 5.32 Å². The van der Waals surface area contributed by atoms with Crippen LogP contribution in [0.4, 0.5) is 0 Å². The number of hydrogen-bond donors (Lipinski definition) is 1. The lowest BCUT2D eigenvalue weighted by Crippen LogP contribution is -2.44. The molecule has 0 aromatic carbocycles. The molecule has 1 unspecified atom stereocenters. The first-order valence-electron chi connectivity index (χ1n) is 4.38. The van der Waals surface area contributed by atoms with Crippen LogP contribution in [0.3, 0.4) is 0 Å². The zero-order chi connectivity index (χ0) is 9.19. The van der Waals surface area contributed by atoms with Gasteiger partial charge in [-0.15, -0.1) is 0 Å². The fourth-order valence-corrected chi connectivity index (χ4v) is 1.53. The number of carbonyl (C=O) groups is 1. The fourth-order valence-electron chi connectivity index (χ4n) is 1.53. The summed E-state index contributed by atoms with van der Waals surface area (Å²) in [7, 11) is 3.34. The predicted octanol–water partition coefficient (Wildman–Crippen LogP) is 0.938. The molecule has 1 N–H and O–H groups in total. The minimum Gasteiger partial charge on any atom is -0.469 e. The quantitative estimate of drug-likeness (QED) is 0.640. The number of esters is 1. The van der Waals surface area contributed by atoms with E-state index >= 15 is 0 Å². The highest BCUT2D eigenvalue weighted by atomic mass is 16.5. The summed E-state index contributed by atoms with van der Waals surface area (Å²) in [6.45, 7) is 2.08. The van der Waals surface area contributed by atoms with E-state index < -0.39 is 0 Å². The molecule has 0 bridgehead atoms. The molecule has 0 amide bonds. The van der Waals surface area contributed by atoms with Crippen LogP contribution in [-0.2, 0) is 9.53 Å². The van der Waals surface area contributed by atoms with E-state index in [1.54, 1.807) is 0 Å². The maximum atomic E-state index is 11.1. The first kappa shape index (κ1) is 9.52. The van der Waals surface area contributed by atoms with Crippen LogP contribution in [0.2, 0.25) is 0 Å². The van der Waals surface area contributed by atoms with Gasteiger partial charge >= 0.3 is 5.97 Å². The second-order valence-electron chi connectivity index (χ2n) is 3.69. The average molecular weight is 171 g/mol. The molecular formula is C9H17NO2. The molecule has 0 radical (unpaired) electrons. The molecule has 3 nitrogen and oxygen atoms in total. The molecule has 0 aromatic heterocycles. The highest BCUT2D eigenvalue weighted by Crippen LogP contribution is 2.41. The van der Waals surface area contributed by atoms with E-state index in [4.69, 9.17) is 0 Å². The molecular weight excluding hydrogens is 154 g/mol. The van der Waals surface area contributed by atoms with Crippen LogP contribution in [0, 0.1) is 5.92 Å². The summed E-state index contributed by atoms with van der Waals surface area (Å²) in [5, 5.41) is 3.20. The Labute approximate surface area is 73.5 Å². The van der Waals surface area contributed by atoms with Gasteiger partial charge in [0.05, 0.1) is 13.5 Å². The Balaban J connectivity index is 2.48. The summed E-state index contributed by atoms with van der Waals surface area (Å²) >= 11 is 0. The minimum absolute atomic E-state index is 0.0485. The smallest absolute Gasteiger partial charge is 0.307 e. The van der Waals surface area contributed by atoms with Gasteiger partial charge in [0.15, 0.2) is 0 Å². The molecule has 1 rings (SSSR count). The number of rotatable bonds is 4. The fraction of sp³-hybridized carbons (Fsp3) is 0.889. The van der Waals surface area contributed by atoms with Gasteiger partial charge in [-0.1, -0.05) is 0 Å². The van der Waals surface area contributed by atoms with E-state index in [1.165, 1.54) is 20.0 Å². The number of methoxy groups -OCH3 is 1. The van der Waals surface area contributed by atoms with Gasteiger partial charge in [0, 0.05) is 5.54 Å². The summed E-state index contributed by atoms with van der Waals surface area (Å²) in [6, 6.07) is 0. The van der Waals surface area contributed by atoms with E-state index in [-0.39, 0.29) is 11.5 Å². The van der Waals surface area contributed by atoms with Gasteiger partial charge in [0.25, 0.3) is 0 Å². The number of carbonyl (C=O) groups excluding carboxylic acids is 1. The molecule has 3 heteroatoms. The van der Waals surface area contributed by atoms with E-state index in [2.05, 4.69) is 17.0 Å². The van der Waals surface area contributed by atoms with Gasteiger partial charge in [-0.3, -0.25) is 4.79 Å². The summed E-state index contributed by atoms with van der Waals surface area (Å²) in [5.41, 5.74) is -0.0485. The minimum atomic E-state index is -0.126. The summed E-state index contributed by atoms with van der Waals surface area (Å²) in [4.78, 5) is 11.1. The Morgan fingerprint density at radius 3 is 2.58 bits per heavy atom. The first-order valence-corrected chi connectivity index (χ1v) is 4.38. The molecule has 1 fully saturated rings. The molecule has 1 aliphatic carbocycles. The third kappa shape index (κ3) is 1.97. The molecule has 1 saturated carbocycles. The Hall–Kier alpha value is -0.570. The highest BCUT2D eigenvalue weighted by molar-refractivity contribution is 5.70. The SMILES string of the molecule is CNC(C)(CC(=O)OC)C1CC1. The Bertz CT molecular complexity index is 177. The lowest BCUT2D eigenvalue weighted by Gasteiger charge is -2.27. The topological polar surface area (TPSA) is 38.3 Å². The van der Waals surface area contributed by atoms with Crippen molar-refractivity contribution >= 4 is 5.97 Å². The van der Waals surface area contributed by atoms with Gasteiger partial charge in [-0.2, -0.15) is 0 Å². The van der Waals surface area contributed by atoms with Crippen LogP contribution < -0.4 is 5.32 Å². The van der Waals surface area contributed by atoms with Gasteiger partial charge in [-0.25, -0.2) is 0 Å². The third-order valence-corrected chi connectivity index (χ3v) is 2.79. The lowest BCUT2D eigenvalue weighted by atomic mass is 9.92. The van der Waals surface area contributed by atoms with Crippen LogP contribution in [0.15, 0.2) is 0 Å². The normalized spacial score (nSPS) is 21.6. The van der Waals surface area contributed by atoms with Crippen molar-refractivity contribution < 1.29 is 9.53 Å². The molecule has 0 saturated heterocycles. The third-order valence-electron chi connectivity index (χ3n) is 2.79. The molecule has 0 heterocycles. The van der Waals surface area contributed by atoms with Crippen LogP contribution in [-0.4, -0.2) is 25.7 Å².